The van der Waals surface area contributed by atoms with E-state index in [0.29, 0.717) is 5.69 Å². The van der Waals surface area contributed by atoms with E-state index in [-0.39, 0.29) is 6.61 Å². The van der Waals surface area contributed by atoms with Gasteiger partial charge in [0.05, 0.1) is 6.61 Å². The Balaban J connectivity index is 2.83. The number of carboxylic acids is 1. The topological polar surface area (TPSA) is 72.5 Å². The first-order chi connectivity index (χ1) is 7.48. The monoisotopic (exact) mass is 241 g/mol. The Labute approximate surface area is 98.8 Å². The smallest absolute Gasteiger partial charge is 0.322 e. The largest absolute Gasteiger partial charge is 0.480 e. The van der Waals surface area contributed by atoms with E-state index >= 15 is 0 Å². The van der Waals surface area contributed by atoms with Crippen molar-refractivity contribution in [2.75, 3.05) is 19.5 Å². The number of hydrogen-bond donors (Lipinski definition) is 2. The molecule has 88 valence electrons. The molecule has 0 aliphatic heterocycles. The average molecular weight is 241 g/mol. The fourth-order valence-corrected chi connectivity index (χ4v) is 2.26. The van der Waals surface area contributed by atoms with E-state index in [4.69, 9.17) is 15.6 Å². The van der Waals surface area contributed by atoms with Gasteiger partial charge in [0.2, 0.25) is 0 Å². The summed E-state index contributed by atoms with van der Waals surface area (Å²) in [6.07, 6.45) is 0. The minimum absolute atomic E-state index is 0.150. The van der Waals surface area contributed by atoms with Crippen LogP contribution in [0, 0.1) is 0 Å². The Kier molecular flexibility index (Phi) is 4.20. The molecule has 5 heteroatoms. The van der Waals surface area contributed by atoms with E-state index in [9.17, 15) is 4.79 Å². The van der Waals surface area contributed by atoms with Crippen molar-refractivity contribution in [2.24, 2.45) is 0 Å². The molecule has 3 N–H and O–H groups in total. The second-order valence-electron chi connectivity index (χ2n) is 3.64. The van der Waals surface area contributed by atoms with E-state index in [1.807, 2.05) is 0 Å². The van der Waals surface area contributed by atoms with Crippen LogP contribution in [0.25, 0.3) is 0 Å². The molecule has 16 heavy (non-hydrogen) atoms. The zero-order valence-electron chi connectivity index (χ0n) is 9.27. The normalized spacial score (nSPS) is 14.4. The van der Waals surface area contributed by atoms with Gasteiger partial charge in [-0.25, -0.2) is 0 Å². The molecule has 0 saturated heterocycles. The highest BCUT2D eigenvalue weighted by Crippen LogP contribution is 2.33. The number of carboxylic acid groups (broad SMARTS) is 1. The van der Waals surface area contributed by atoms with Gasteiger partial charge in [-0.15, -0.1) is 11.8 Å². The van der Waals surface area contributed by atoms with Crippen LogP contribution in [0.5, 0.6) is 0 Å². The van der Waals surface area contributed by atoms with Gasteiger partial charge < -0.3 is 15.6 Å². The van der Waals surface area contributed by atoms with Crippen molar-refractivity contribution in [3.8, 4) is 0 Å². The Morgan fingerprint density at radius 3 is 2.50 bits per heavy atom. The van der Waals surface area contributed by atoms with Crippen LogP contribution in [-0.2, 0) is 9.53 Å². The van der Waals surface area contributed by atoms with Crippen molar-refractivity contribution >= 4 is 23.4 Å². The van der Waals surface area contributed by atoms with Crippen molar-refractivity contribution < 1.29 is 14.6 Å². The fraction of sp³-hybridized carbons (Fsp3) is 0.364. The second-order valence-corrected chi connectivity index (χ2v) is 5.22. The van der Waals surface area contributed by atoms with Gasteiger partial charge >= 0.3 is 5.97 Å². The highest BCUT2D eigenvalue weighted by Gasteiger charge is 2.34. The van der Waals surface area contributed by atoms with Gasteiger partial charge in [0.15, 0.2) is 0 Å². The van der Waals surface area contributed by atoms with E-state index in [1.165, 1.54) is 18.9 Å². The molecular formula is C11H15NO3S. The van der Waals surface area contributed by atoms with Gasteiger partial charge in [0.1, 0.15) is 4.75 Å². The minimum Gasteiger partial charge on any atom is -0.480 e. The summed E-state index contributed by atoms with van der Waals surface area (Å²) in [4.78, 5) is 12.0. The summed E-state index contributed by atoms with van der Waals surface area (Å²) >= 11 is 1.25. The summed E-state index contributed by atoms with van der Waals surface area (Å²) in [5.74, 6) is -0.892. The second kappa shape index (κ2) is 5.23. The molecule has 1 atom stereocenters. The zero-order chi connectivity index (χ0) is 12.2. The molecule has 0 radical (unpaired) electrons. The van der Waals surface area contributed by atoms with Crippen molar-refractivity contribution in [1.29, 1.82) is 0 Å². The van der Waals surface area contributed by atoms with Gasteiger partial charge in [-0.1, -0.05) is 0 Å². The molecule has 1 unspecified atom stereocenters. The summed E-state index contributed by atoms with van der Waals surface area (Å²) in [6, 6.07) is 7.10. The minimum atomic E-state index is -0.981. The third-order valence-corrected chi connectivity index (χ3v) is 3.35. The molecule has 0 spiro atoms. The molecule has 1 aromatic rings. The van der Waals surface area contributed by atoms with Crippen molar-refractivity contribution in [3.63, 3.8) is 0 Å². The number of hydrogen-bond acceptors (Lipinski definition) is 4. The highest BCUT2D eigenvalue weighted by atomic mass is 32.2. The summed E-state index contributed by atoms with van der Waals surface area (Å²) < 4.78 is 3.96. The van der Waals surface area contributed by atoms with Crippen LogP contribution in [0.2, 0.25) is 0 Å². The number of methoxy groups -OCH3 is 1. The lowest BCUT2D eigenvalue weighted by Gasteiger charge is -2.23. The Hall–Kier alpha value is -1.20. The van der Waals surface area contributed by atoms with Crippen LogP contribution in [0.3, 0.4) is 0 Å². The standard InChI is InChI=1S/C11H15NO3S/c1-11(7-15-2,10(13)14)16-9-5-3-8(12)4-6-9/h3-6H,7,12H2,1-2H3,(H,13,14). The Morgan fingerprint density at radius 2 is 2.06 bits per heavy atom. The molecule has 0 amide bonds. The van der Waals surface area contributed by atoms with Crippen LogP contribution in [0.1, 0.15) is 6.92 Å². The van der Waals surface area contributed by atoms with Gasteiger partial charge in [0, 0.05) is 17.7 Å². The van der Waals surface area contributed by atoms with Gasteiger partial charge in [-0.05, 0) is 31.2 Å². The molecule has 4 nitrogen and oxygen atoms in total. The number of aliphatic carboxylic acids is 1. The first kappa shape index (κ1) is 12.9. The molecule has 1 rings (SSSR count). The molecule has 0 bridgehead atoms. The Bertz CT molecular complexity index is 366. The van der Waals surface area contributed by atoms with Crippen LogP contribution in [0.15, 0.2) is 29.2 Å². The number of nitrogen functional groups attached to an aromatic ring is 1. The quantitative estimate of drug-likeness (QED) is 0.608. The summed E-state index contributed by atoms with van der Waals surface area (Å²) in [5, 5.41) is 9.15. The third kappa shape index (κ3) is 3.15. The number of anilines is 1. The van der Waals surface area contributed by atoms with Crippen molar-refractivity contribution in [1.82, 2.24) is 0 Å². The molecule has 0 fully saturated rings. The van der Waals surface area contributed by atoms with Gasteiger partial charge in [0.25, 0.3) is 0 Å². The lowest BCUT2D eigenvalue weighted by molar-refractivity contribution is -0.140. The zero-order valence-corrected chi connectivity index (χ0v) is 10.1. The molecule has 1 aromatic carbocycles. The third-order valence-electron chi connectivity index (χ3n) is 2.10. The number of rotatable bonds is 5. The molecule has 0 saturated carbocycles. The lowest BCUT2D eigenvalue weighted by Crippen LogP contribution is -2.36. The maximum Gasteiger partial charge on any atom is 0.322 e. The number of thioether (sulfide) groups is 1. The van der Waals surface area contributed by atoms with Crippen LogP contribution >= 0.6 is 11.8 Å². The molecule has 0 aromatic heterocycles. The summed E-state index contributed by atoms with van der Waals surface area (Å²) in [6.45, 7) is 1.79. The number of nitrogens with two attached hydrogens (primary N) is 1. The van der Waals surface area contributed by atoms with E-state index in [1.54, 1.807) is 31.2 Å². The first-order valence-electron chi connectivity index (χ1n) is 4.75. The first-order valence-corrected chi connectivity index (χ1v) is 5.56. The predicted molar refractivity (Wildman–Crippen MR) is 64.6 cm³/mol. The van der Waals surface area contributed by atoms with Gasteiger partial charge in [-0.2, -0.15) is 0 Å². The Morgan fingerprint density at radius 1 is 1.50 bits per heavy atom. The van der Waals surface area contributed by atoms with E-state index < -0.39 is 10.7 Å². The summed E-state index contributed by atoms with van der Waals surface area (Å²) in [5.41, 5.74) is 6.22. The molecule has 0 aliphatic carbocycles. The SMILES string of the molecule is COCC(C)(Sc1ccc(N)cc1)C(=O)O. The molecule has 0 heterocycles. The van der Waals surface area contributed by atoms with Gasteiger partial charge in [-0.3, -0.25) is 4.79 Å². The van der Waals surface area contributed by atoms with Crippen LogP contribution < -0.4 is 5.73 Å². The van der Waals surface area contributed by atoms with E-state index in [2.05, 4.69) is 0 Å². The number of benzene rings is 1. The van der Waals surface area contributed by atoms with Crippen molar-refractivity contribution in [3.05, 3.63) is 24.3 Å². The summed E-state index contributed by atoms with van der Waals surface area (Å²) in [7, 11) is 1.49. The van der Waals surface area contributed by atoms with Crippen LogP contribution in [0.4, 0.5) is 5.69 Å². The molecular weight excluding hydrogens is 226 g/mol. The maximum atomic E-state index is 11.2. The number of ether oxygens (including phenoxy) is 1. The van der Waals surface area contributed by atoms with Crippen LogP contribution in [-0.4, -0.2) is 29.5 Å². The van der Waals surface area contributed by atoms with Crippen molar-refractivity contribution in [2.45, 2.75) is 16.6 Å². The highest BCUT2D eigenvalue weighted by molar-refractivity contribution is 8.01. The molecule has 0 aliphatic rings. The predicted octanol–water partition coefficient (Wildman–Crippen LogP) is 1.85. The average Bonchev–Trinajstić information content (AvgIpc) is 2.22. The maximum absolute atomic E-state index is 11.2. The van der Waals surface area contributed by atoms with E-state index in [0.717, 1.165) is 4.90 Å². The fourth-order valence-electron chi connectivity index (χ4n) is 1.21. The number of carbonyl (C=O) groups is 1. The lowest BCUT2D eigenvalue weighted by atomic mass is 10.2.